The van der Waals surface area contributed by atoms with E-state index in [4.69, 9.17) is 5.11 Å². The molecule has 2 aromatic rings. The van der Waals surface area contributed by atoms with Crippen molar-refractivity contribution >= 4 is 5.97 Å². The topological polar surface area (TPSA) is 68.0 Å². The van der Waals surface area contributed by atoms with E-state index < -0.39 is 5.97 Å². The van der Waals surface area contributed by atoms with E-state index in [1.54, 1.807) is 10.9 Å². The maximum absolute atomic E-state index is 10.6. The van der Waals surface area contributed by atoms with E-state index >= 15 is 0 Å². The maximum Gasteiger partial charge on any atom is 0.303 e. The first-order valence-electron chi connectivity index (χ1n) is 6.61. The molecule has 2 rings (SSSR count). The molecule has 0 fully saturated rings. The number of para-hydroxylation sites is 1. The van der Waals surface area contributed by atoms with Gasteiger partial charge in [-0.05, 0) is 17.0 Å². The van der Waals surface area contributed by atoms with Crippen molar-refractivity contribution in [3.63, 3.8) is 0 Å². The smallest absolute Gasteiger partial charge is 0.303 e. The molecule has 20 heavy (non-hydrogen) atoms. The molecule has 0 unspecified atom stereocenters. The van der Waals surface area contributed by atoms with Crippen LogP contribution in [0.15, 0.2) is 30.5 Å². The van der Waals surface area contributed by atoms with Crippen LogP contribution in [0.1, 0.15) is 38.4 Å². The predicted molar refractivity (Wildman–Crippen MR) is 76.0 cm³/mol. The Morgan fingerprint density at radius 1 is 1.30 bits per heavy atom. The van der Waals surface area contributed by atoms with Gasteiger partial charge in [0.05, 0.1) is 24.0 Å². The van der Waals surface area contributed by atoms with Gasteiger partial charge >= 0.3 is 5.97 Å². The Labute approximate surface area is 118 Å². The van der Waals surface area contributed by atoms with Crippen LogP contribution in [0.3, 0.4) is 0 Å². The second-order valence-electron chi connectivity index (χ2n) is 5.82. The average molecular weight is 273 g/mol. The maximum atomic E-state index is 10.6. The van der Waals surface area contributed by atoms with Gasteiger partial charge in [0.15, 0.2) is 0 Å². The SMILES string of the molecule is CC(C)(C)c1ccccc1-n1cc(CCC(=O)O)nn1. The van der Waals surface area contributed by atoms with Gasteiger partial charge < -0.3 is 5.11 Å². The zero-order valence-corrected chi connectivity index (χ0v) is 12.0. The molecule has 0 radical (unpaired) electrons. The van der Waals surface area contributed by atoms with Crippen LogP contribution in [0.25, 0.3) is 5.69 Å². The number of nitrogens with zero attached hydrogens (tertiary/aromatic N) is 3. The number of hydrogen-bond donors (Lipinski definition) is 1. The molecule has 1 N–H and O–H groups in total. The van der Waals surface area contributed by atoms with Crippen molar-refractivity contribution in [1.29, 1.82) is 0 Å². The molecule has 0 aliphatic heterocycles. The minimum atomic E-state index is -0.824. The molecular formula is C15H19N3O2. The van der Waals surface area contributed by atoms with Gasteiger partial charge in [0.1, 0.15) is 0 Å². The highest BCUT2D eigenvalue weighted by molar-refractivity contribution is 5.66. The Hall–Kier alpha value is -2.17. The summed E-state index contributed by atoms with van der Waals surface area (Å²) in [5.41, 5.74) is 2.85. The van der Waals surface area contributed by atoms with Crippen molar-refractivity contribution in [1.82, 2.24) is 15.0 Å². The van der Waals surface area contributed by atoms with Gasteiger partial charge in [0, 0.05) is 6.42 Å². The van der Waals surface area contributed by atoms with Crippen LogP contribution in [0, 0.1) is 0 Å². The van der Waals surface area contributed by atoms with E-state index in [0.717, 1.165) is 5.69 Å². The highest BCUT2D eigenvalue weighted by atomic mass is 16.4. The Kier molecular flexibility index (Phi) is 3.88. The first kappa shape index (κ1) is 14.2. The lowest BCUT2D eigenvalue weighted by atomic mass is 9.86. The molecule has 0 amide bonds. The summed E-state index contributed by atoms with van der Waals surface area (Å²) in [5.74, 6) is -0.824. The quantitative estimate of drug-likeness (QED) is 0.929. The summed E-state index contributed by atoms with van der Waals surface area (Å²) in [5, 5.41) is 16.8. The molecule has 0 saturated carbocycles. The lowest BCUT2D eigenvalue weighted by molar-refractivity contribution is -0.136. The van der Waals surface area contributed by atoms with E-state index in [1.807, 2.05) is 18.2 Å². The standard InChI is InChI=1S/C15H19N3O2/c1-15(2,3)12-6-4-5-7-13(12)18-10-11(16-17-18)8-9-14(19)20/h4-7,10H,8-9H2,1-3H3,(H,19,20). The zero-order valence-electron chi connectivity index (χ0n) is 12.0. The van der Waals surface area contributed by atoms with Crippen molar-refractivity contribution in [3.05, 3.63) is 41.7 Å². The molecule has 0 aliphatic carbocycles. The number of aliphatic carboxylic acids is 1. The molecule has 1 aromatic carbocycles. The Morgan fingerprint density at radius 3 is 2.65 bits per heavy atom. The van der Waals surface area contributed by atoms with Crippen molar-refractivity contribution in [3.8, 4) is 5.69 Å². The number of benzene rings is 1. The van der Waals surface area contributed by atoms with Crippen LogP contribution in [0.2, 0.25) is 0 Å². The predicted octanol–water partition coefficient (Wildman–Crippen LogP) is 2.58. The lowest BCUT2D eigenvalue weighted by Gasteiger charge is -2.22. The van der Waals surface area contributed by atoms with Crippen molar-refractivity contribution in [2.75, 3.05) is 0 Å². The van der Waals surface area contributed by atoms with Gasteiger partial charge in [0.25, 0.3) is 0 Å². The van der Waals surface area contributed by atoms with Crippen LogP contribution in [0.4, 0.5) is 0 Å². The van der Waals surface area contributed by atoms with E-state index in [1.165, 1.54) is 5.56 Å². The number of aryl methyl sites for hydroxylation is 1. The first-order chi connectivity index (χ1) is 9.38. The third-order valence-electron chi connectivity index (χ3n) is 3.09. The minimum Gasteiger partial charge on any atom is -0.481 e. The van der Waals surface area contributed by atoms with Crippen LogP contribution >= 0.6 is 0 Å². The molecule has 1 heterocycles. The van der Waals surface area contributed by atoms with Crippen LogP contribution < -0.4 is 0 Å². The third-order valence-corrected chi connectivity index (χ3v) is 3.09. The molecule has 5 nitrogen and oxygen atoms in total. The summed E-state index contributed by atoms with van der Waals surface area (Å²) in [4.78, 5) is 10.6. The van der Waals surface area contributed by atoms with Gasteiger partial charge in [-0.1, -0.05) is 44.2 Å². The number of rotatable bonds is 4. The second-order valence-corrected chi connectivity index (χ2v) is 5.82. The largest absolute Gasteiger partial charge is 0.481 e. The van der Waals surface area contributed by atoms with Crippen LogP contribution in [-0.2, 0) is 16.6 Å². The van der Waals surface area contributed by atoms with Crippen molar-refractivity contribution in [2.24, 2.45) is 0 Å². The highest BCUT2D eigenvalue weighted by Crippen LogP contribution is 2.27. The fourth-order valence-corrected chi connectivity index (χ4v) is 2.07. The highest BCUT2D eigenvalue weighted by Gasteiger charge is 2.19. The summed E-state index contributed by atoms with van der Waals surface area (Å²) in [7, 11) is 0. The monoisotopic (exact) mass is 273 g/mol. The summed E-state index contributed by atoms with van der Waals surface area (Å²) < 4.78 is 1.72. The van der Waals surface area contributed by atoms with E-state index in [-0.39, 0.29) is 11.8 Å². The Balaban J connectivity index is 2.31. The van der Waals surface area contributed by atoms with Crippen molar-refractivity contribution in [2.45, 2.75) is 39.0 Å². The molecule has 5 heteroatoms. The molecule has 0 atom stereocenters. The van der Waals surface area contributed by atoms with Crippen molar-refractivity contribution < 1.29 is 9.90 Å². The number of carboxylic acids is 1. The number of carbonyl (C=O) groups is 1. The Bertz CT molecular complexity index is 612. The molecule has 106 valence electrons. The Morgan fingerprint density at radius 2 is 2.00 bits per heavy atom. The van der Waals surface area contributed by atoms with E-state index in [0.29, 0.717) is 12.1 Å². The zero-order chi connectivity index (χ0) is 14.8. The number of aromatic nitrogens is 3. The van der Waals surface area contributed by atoms with Crippen LogP contribution in [0.5, 0.6) is 0 Å². The average Bonchev–Trinajstić information content (AvgIpc) is 2.84. The van der Waals surface area contributed by atoms with Gasteiger partial charge in [0.2, 0.25) is 0 Å². The molecular weight excluding hydrogens is 254 g/mol. The fraction of sp³-hybridized carbons (Fsp3) is 0.400. The summed E-state index contributed by atoms with van der Waals surface area (Å²) >= 11 is 0. The summed E-state index contributed by atoms with van der Waals surface area (Å²) in [6, 6.07) is 8.04. The molecule has 0 bridgehead atoms. The normalized spacial score (nSPS) is 11.6. The minimum absolute atomic E-state index is 0.00374. The van der Waals surface area contributed by atoms with Gasteiger partial charge in [-0.3, -0.25) is 4.79 Å². The molecule has 0 spiro atoms. The summed E-state index contributed by atoms with van der Waals surface area (Å²) in [6.45, 7) is 6.44. The number of hydrogen-bond acceptors (Lipinski definition) is 3. The van der Waals surface area contributed by atoms with E-state index in [9.17, 15) is 4.79 Å². The third kappa shape index (κ3) is 3.23. The lowest BCUT2D eigenvalue weighted by Crippen LogP contribution is -2.15. The van der Waals surface area contributed by atoms with E-state index in [2.05, 4.69) is 37.1 Å². The second kappa shape index (κ2) is 5.45. The summed E-state index contributed by atoms with van der Waals surface area (Å²) in [6.07, 6.45) is 2.26. The van der Waals surface area contributed by atoms with Crippen LogP contribution in [-0.4, -0.2) is 26.1 Å². The van der Waals surface area contributed by atoms with Gasteiger partial charge in [-0.15, -0.1) is 5.10 Å². The first-order valence-corrected chi connectivity index (χ1v) is 6.61. The molecule has 0 aliphatic rings. The van der Waals surface area contributed by atoms with Gasteiger partial charge in [-0.2, -0.15) is 0 Å². The number of carboxylic acid groups (broad SMARTS) is 1. The van der Waals surface area contributed by atoms with Gasteiger partial charge in [-0.25, -0.2) is 4.68 Å². The molecule has 0 saturated heterocycles. The molecule has 1 aromatic heterocycles. The fourth-order valence-electron chi connectivity index (χ4n) is 2.07.